The molecule has 0 saturated heterocycles. The number of aromatic hydroxyl groups is 2. The van der Waals surface area contributed by atoms with Gasteiger partial charge in [-0.3, -0.25) is 0 Å². The minimum absolute atomic E-state index is 0. The van der Waals surface area contributed by atoms with Crippen LogP contribution in [0.15, 0.2) is 84.9 Å². The third-order valence-corrected chi connectivity index (χ3v) is 7.46. The van der Waals surface area contributed by atoms with Crippen molar-refractivity contribution in [1.82, 2.24) is 9.97 Å². The van der Waals surface area contributed by atoms with Gasteiger partial charge in [-0.1, -0.05) is 36.4 Å². The fourth-order valence-corrected chi connectivity index (χ4v) is 5.80. The summed E-state index contributed by atoms with van der Waals surface area (Å²) in [6.45, 7) is 4.14. The van der Waals surface area contributed by atoms with Gasteiger partial charge in [0.2, 0.25) is 0 Å². The van der Waals surface area contributed by atoms with Crippen molar-refractivity contribution in [2.75, 3.05) is 0 Å². The van der Waals surface area contributed by atoms with E-state index in [0.717, 1.165) is 41.6 Å². The van der Waals surface area contributed by atoms with Crippen LogP contribution in [0.25, 0.3) is 41.6 Å². The normalized spacial score (nSPS) is 10.6. The van der Waals surface area contributed by atoms with E-state index in [1.165, 1.54) is 11.1 Å². The van der Waals surface area contributed by atoms with E-state index in [0.29, 0.717) is 0 Å². The molecular formula is C28H22N2O2S2Zn. The molecule has 0 aliphatic rings. The van der Waals surface area contributed by atoms with E-state index in [-0.39, 0.29) is 31.0 Å². The number of nitrogens with zero attached hydrogens (tertiary/aromatic N) is 2. The first-order valence-electron chi connectivity index (χ1n) is 10.8. The van der Waals surface area contributed by atoms with E-state index < -0.39 is 0 Å². The van der Waals surface area contributed by atoms with Crippen molar-refractivity contribution < 1.29 is 29.7 Å². The SMILES string of the molecule is Cc1ccc2nc(-c3ccccc3O)sc2c1.Cc1ccc2nc(-c3ccccc3O)sc2c1.[Zn]. The molecule has 0 aliphatic carbocycles. The molecule has 0 unspecified atom stereocenters. The Bertz CT molecular complexity index is 1500. The molecule has 6 rings (SSSR count). The predicted octanol–water partition coefficient (Wildman–Crippen LogP) is 7.95. The quantitative estimate of drug-likeness (QED) is 0.216. The van der Waals surface area contributed by atoms with Gasteiger partial charge in [0.25, 0.3) is 0 Å². The van der Waals surface area contributed by atoms with Gasteiger partial charge in [-0.15, -0.1) is 22.7 Å². The van der Waals surface area contributed by atoms with E-state index in [4.69, 9.17) is 0 Å². The number of aryl methyl sites for hydroxylation is 2. The van der Waals surface area contributed by atoms with Gasteiger partial charge in [0.15, 0.2) is 0 Å². The van der Waals surface area contributed by atoms with Crippen LogP contribution in [0.4, 0.5) is 0 Å². The summed E-state index contributed by atoms with van der Waals surface area (Å²) in [5, 5.41) is 21.3. The number of aromatic nitrogens is 2. The second-order valence-corrected chi connectivity index (χ2v) is 10.1. The molecule has 2 N–H and O–H groups in total. The summed E-state index contributed by atoms with van der Waals surface area (Å²) in [7, 11) is 0. The van der Waals surface area contributed by atoms with Gasteiger partial charge in [-0.25, -0.2) is 9.97 Å². The first-order valence-corrected chi connectivity index (χ1v) is 12.4. The van der Waals surface area contributed by atoms with Crippen LogP contribution >= 0.6 is 22.7 Å². The van der Waals surface area contributed by atoms with Crippen molar-refractivity contribution in [1.29, 1.82) is 0 Å². The number of rotatable bonds is 2. The molecule has 4 nitrogen and oxygen atoms in total. The fourth-order valence-electron chi connectivity index (χ4n) is 3.60. The minimum Gasteiger partial charge on any atom is -0.507 e. The largest absolute Gasteiger partial charge is 0.507 e. The van der Waals surface area contributed by atoms with Gasteiger partial charge in [0.05, 0.1) is 31.6 Å². The van der Waals surface area contributed by atoms with Gasteiger partial charge in [-0.05, 0) is 73.5 Å². The summed E-state index contributed by atoms with van der Waals surface area (Å²) in [5.41, 5.74) is 6.02. The Kier molecular flexibility index (Phi) is 7.61. The minimum atomic E-state index is 0. The van der Waals surface area contributed by atoms with Crippen LogP contribution in [0.3, 0.4) is 0 Å². The van der Waals surface area contributed by atoms with E-state index in [2.05, 4.69) is 48.1 Å². The Morgan fingerprint density at radius 3 is 1.37 bits per heavy atom. The molecule has 170 valence electrons. The average molecular weight is 548 g/mol. The molecule has 0 radical (unpaired) electrons. The van der Waals surface area contributed by atoms with Gasteiger partial charge in [0.1, 0.15) is 21.5 Å². The number of para-hydroxylation sites is 2. The second kappa shape index (κ2) is 10.7. The van der Waals surface area contributed by atoms with Crippen LogP contribution in [-0.2, 0) is 19.5 Å². The molecule has 0 saturated carbocycles. The van der Waals surface area contributed by atoms with Crippen LogP contribution in [0.1, 0.15) is 11.1 Å². The molecule has 6 aromatic rings. The zero-order valence-corrected chi connectivity index (χ0v) is 24.0. The number of phenols is 2. The first-order chi connectivity index (χ1) is 16.5. The molecule has 0 atom stereocenters. The van der Waals surface area contributed by atoms with Gasteiger partial charge in [-0.2, -0.15) is 0 Å². The van der Waals surface area contributed by atoms with Crippen molar-refractivity contribution in [2.45, 2.75) is 13.8 Å². The number of hydrogen-bond donors (Lipinski definition) is 2. The molecule has 7 heteroatoms. The third-order valence-electron chi connectivity index (χ3n) is 5.36. The van der Waals surface area contributed by atoms with Crippen molar-refractivity contribution in [2.24, 2.45) is 0 Å². The Labute approximate surface area is 224 Å². The molecule has 35 heavy (non-hydrogen) atoms. The van der Waals surface area contributed by atoms with E-state index in [1.807, 2.05) is 48.5 Å². The smallest absolute Gasteiger partial charge is 0.128 e. The molecule has 0 amide bonds. The first kappa shape index (κ1) is 25.0. The molecule has 0 spiro atoms. The molecule has 2 heterocycles. The monoisotopic (exact) mass is 546 g/mol. The second-order valence-electron chi connectivity index (χ2n) is 8.01. The zero-order valence-electron chi connectivity index (χ0n) is 19.4. The molecule has 0 aliphatic heterocycles. The van der Waals surface area contributed by atoms with E-state index >= 15 is 0 Å². The Hall–Kier alpha value is -3.12. The third kappa shape index (κ3) is 5.43. The molecule has 2 aromatic heterocycles. The fraction of sp³-hybridized carbons (Fsp3) is 0.0714. The molecule has 4 aromatic carbocycles. The topological polar surface area (TPSA) is 66.2 Å². The maximum absolute atomic E-state index is 9.81. The number of thiazole rings is 2. The summed E-state index contributed by atoms with van der Waals surface area (Å²) in [4.78, 5) is 9.09. The summed E-state index contributed by atoms with van der Waals surface area (Å²) in [6, 6.07) is 27.0. The summed E-state index contributed by atoms with van der Waals surface area (Å²) >= 11 is 3.22. The van der Waals surface area contributed by atoms with Crippen molar-refractivity contribution in [3.05, 3.63) is 96.1 Å². The van der Waals surface area contributed by atoms with Crippen LogP contribution < -0.4 is 0 Å². The van der Waals surface area contributed by atoms with Gasteiger partial charge >= 0.3 is 0 Å². The molecular weight excluding hydrogens is 526 g/mol. The van der Waals surface area contributed by atoms with Crippen molar-refractivity contribution >= 4 is 43.1 Å². The van der Waals surface area contributed by atoms with E-state index in [9.17, 15) is 10.2 Å². The Morgan fingerprint density at radius 2 is 0.971 bits per heavy atom. The van der Waals surface area contributed by atoms with Crippen LogP contribution in [-0.4, -0.2) is 20.2 Å². The predicted molar refractivity (Wildman–Crippen MR) is 143 cm³/mol. The standard InChI is InChI=1S/2C14H11NOS.Zn/c2*1-9-6-7-11-13(8-9)17-14(15-11)10-4-2-3-5-12(10)16;/h2*2-8,16H,1H3;. The van der Waals surface area contributed by atoms with Gasteiger partial charge in [0, 0.05) is 19.5 Å². The van der Waals surface area contributed by atoms with E-state index in [1.54, 1.807) is 34.8 Å². The van der Waals surface area contributed by atoms with Crippen LogP contribution in [0.5, 0.6) is 11.5 Å². The maximum Gasteiger partial charge on any atom is 0.128 e. The summed E-state index contributed by atoms with van der Waals surface area (Å²) in [5.74, 6) is 0.562. The Balaban J connectivity index is 0.000000160. The summed E-state index contributed by atoms with van der Waals surface area (Å²) in [6.07, 6.45) is 0. The Morgan fingerprint density at radius 1 is 0.571 bits per heavy atom. The van der Waals surface area contributed by atoms with Gasteiger partial charge < -0.3 is 10.2 Å². The molecule has 0 bridgehead atoms. The number of hydrogen-bond acceptors (Lipinski definition) is 6. The maximum atomic E-state index is 9.81. The number of benzene rings is 4. The van der Waals surface area contributed by atoms with Crippen molar-refractivity contribution in [3.8, 4) is 32.6 Å². The average Bonchev–Trinajstić information content (AvgIpc) is 3.43. The van der Waals surface area contributed by atoms with Crippen LogP contribution in [0, 0.1) is 13.8 Å². The van der Waals surface area contributed by atoms with Crippen molar-refractivity contribution in [3.63, 3.8) is 0 Å². The van der Waals surface area contributed by atoms with Crippen LogP contribution in [0.2, 0.25) is 0 Å². The molecule has 0 fully saturated rings. The summed E-state index contributed by atoms with van der Waals surface area (Å²) < 4.78 is 2.31. The number of fused-ring (bicyclic) bond motifs is 2. The number of phenolic OH excluding ortho intramolecular Hbond substituents is 2. The zero-order chi connectivity index (χ0) is 23.7.